The van der Waals surface area contributed by atoms with Gasteiger partial charge in [0.15, 0.2) is 0 Å². The largest absolute Gasteiger partial charge is 0.356 e. The van der Waals surface area contributed by atoms with Crippen LogP contribution in [0.2, 0.25) is 0 Å². The van der Waals surface area contributed by atoms with Crippen molar-refractivity contribution < 1.29 is 33.5 Å². The molecule has 0 aliphatic rings. The summed E-state index contributed by atoms with van der Waals surface area (Å²) in [7, 11) is -8.78. The van der Waals surface area contributed by atoms with Crippen molar-refractivity contribution in [1.82, 2.24) is 40.3 Å². The normalized spacial score (nSPS) is 11.9. The fourth-order valence-electron chi connectivity index (χ4n) is 3.80. The number of pyridine rings is 1. The van der Waals surface area contributed by atoms with Crippen LogP contribution in [0.1, 0.15) is 17.3 Å². The van der Waals surface area contributed by atoms with Crippen LogP contribution in [-0.2, 0) is 9.13 Å². The molecule has 2 aromatic carbocycles. The third kappa shape index (κ3) is 6.20. The summed E-state index contributed by atoms with van der Waals surface area (Å²) in [6.45, 7) is 2.18. The molecule has 0 saturated carbocycles. The molecule has 5 N–H and O–H groups in total. The molecule has 0 unspecified atom stereocenters. The molecule has 5 aromatic rings. The summed E-state index contributed by atoms with van der Waals surface area (Å²) in [4.78, 5) is 54.7. The van der Waals surface area contributed by atoms with Gasteiger partial charge in [0.25, 0.3) is 5.91 Å². The molecule has 0 aliphatic carbocycles. The summed E-state index contributed by atoms with van der Waals surface area (Å²) in [6, 6.07) is 14.2. The lowest BCUT2D eigenvalue weighted by molar-refractivity contribution is 0.0955. The van der Waals surface area contributed by atoms with Crippen molar-refractivity contribution in [3.8, 4) is 34.2 Å². The van der Waals surface area contributed by atoms with E-state index in [-0.39, 0.29) is 22.1 Å². The molecule has 0 atom stereocenters. The summed E-state index contributed by atoms with van der Waals surface area (Å²) in [5.41, 5.74) is 2.52. The highest BCUT2D eigenvalue weighted by Crippen LogP contribution is 2.34. The highest BCUT2D eigenvalue weighted by molar-refractivity contribution is 7.60. The molecule has 41 heavy (non-hydrogen) atoms. The summed E-state index contributed by atoms with van der Waals surface area (Å²) >= 11 is 0. The van der Waals surface area contributed by atoms with Gasteiger partial charge in [-0.25, -0.2) is 14.3 Å². The van der Waals surface area contributed by atoms with Crippen molar-refractivity contribution in [3.63, 3.8) is 0 Å². The third-order valence-corrected chi connectivity index (χ3v) is 7.78. The summed E-state index contributed by atoms with van der Waals surface area (Å²) in [5.74, 6) is -0.349. The lowest BCUT2D eigenvalue weighted by Crippen LogP contribution is -2.22. The van der Waals surface area contributed by atoms with Gasteiger partial charge in [-0.1, -0.05) is 10.4 Å². The van der Waals surface area contributed by atoms with E-state index < -0.39 is 15.2 Å². The molecule has 3 aromatic heterocycles. The molecular weight excluding hydrogens is 574 g/mol. The standard InChI is InChI=1S/C24H22N8O7P2/c1-2-25-24(33)15-11-20(22-13-31(29-27-22)16-3-7-18(8-4-16)40(34,35)36)26-21(12-15)23-14-32(30-28-23)17-5-9-19(10-6-17)41(37,38)39/h3-14H,2H2,1H3,(H,25,33)(H2,34,35,36)(H2,37,38,39). The van der Waals surface area contributed by atoms with Gasteiger partial charge < -0.3 is 24.9 Å². The van der Waals surface area contributed by atoms with Crippen LogP contribution in [0, 0.1) is 0 Å². The molecule has 210 valence electrons. The average Bonchev–Trinajstić information content (AvgIpc) is 3.63. The Kier molecular flexibility index (Phi) is 7.49. The topological polar surface area (TPSA) is 218 Å². The van der Waals surface area contributed by atoms with Crippen LogP contribution in [-0.4, -0.2) is 67.0 Å². The predicted molar refractivity (Wildman–Crippen MR) is 146 cm³/mol. The van der Waals surface area contributed by atoms with Crippen LogP contribution >= 0.6 is 15.2 Å². The number of rotatable bonds is 8. The lowest BCUT2D eigenvalue weighted by Gasteiger charge is -2.07. The number of nitrogens with one attached hydrogen (secondary N) is 1. The fraction of sp³-hybridized carbons (Fsp3) is 0.0833. The summed E-state index contributed by atoms with van der Waals surface area (Å²) in [5, 5.41) is 19.0. The molecule has 15 nitrogen and oxygen atoms in total. The Morgan fingerprint density at radius 3 is 1.51 bits per heavy atom. The summed E-state index contributed by atoms with van der Waals surface area (Å²) in [6.07, 6.45) is 3.11. The molecule has 0 saturated heterocycles. The molecule has 5 rings (SSSR count). The van der Waals surface area contributed by atoms with Gasteiger partial charge in [-0.3, -0.25) is 13.9 Å². The molecular formula is C24H22N8O7P2. The van der Waals surface area contributed by atoms with E-state index in [1.807, 2.05) is 0 Å². The fourth-order valence-corrected chi connectivity index (χ4v) is 4.88. The van der Waals surface area contributed by atoms with Crippen LogP contribution in [0.5, 0.6) is 0 Å². The third-order valence-electron chi connectivity index (χ3n) is 5.84. The Balaban J connectivity index is 1.50. The predicted octanol–water partition coefficient (Wildman–Crippen LogP) is 0.933. The van der Waals surface area contributed by atoms with E-state index in [1.165, 1.54) is 57.9 Å². The molecule has 17 heteroatoms. The maximum absolute atomic E-state index is 12.7. The van der Waals surface area contributed by atoms with E-state index in [1.54, 1.807) is 31.5 Å². The van der Waals surface area contributed by atoms with Crippen molar-refractivity contribution >= 4 is 31.7 Å². The van der Waals surface area contributed by atoms with E-state index in [9.17, 15) is 33.5 Å². The monoisotopic (exact) mass is 596 g/mol. The first-order valence-corrected chi connectivity index (χ1v) is 15.1. The van der Waals surface area contributed by atoms with Crippen molar-refractivity contribution in [2.75, 3.05) is 6.54 Å². The van der Waals surface area contributed by atoms with Crippen molar-refractivity contribution in [3.05, 3.63) is 78.6 Å². The second-order valence-corrected chi connectivity index (χ2v) is 11.9. The Morgan fingerprint density at radius 2 is 1.15 bits per heavy atom. The van der Waals surface area contributed by atoms with Gasteiger partial charge in [0.1, 0.15) is 11.4 Å². The quantitative estimate of drug-likeness (QED) is 0.158. The van der Waals surface area contributed by atoms with E-state index in [4.69, 9.17) is 0 Å². The minimum atomic E-state index is -4.39. The molecule has 0 bridgehead atoms. The molecule has 1 amide bonds. The molecule has 0 spiro atoms. The van der Waals surface area contributed by atoms with Gasteiger partial charge in [0.2, 0.25) is 0 Å². The second kappa shape index (κ2) is 10.9. The number of amides is 1. The number of hydrogen-bond donors (Lipinski definition) is 5. The zero-order valence-corrected chi connectivity index (χ0v) is 23.0. The number of carbonyl (C=O) groups is 1. The Labute approximate surface area is 231 Å². The Bertz CT molecular complexity index is 1700. The SMILES string of the molecule is CCNC(=O)c1cc(-c2cn(-c3ccc(P(=O)(O)O)cc3)nn2)nc(-c2cn(-c3ccc(P(=O)(O)O)cc3)nn2)c1. The van der Waals surface area contributed by atoms with Crippen molar-refractivity contribution in [1.29, 1.82) is 0 Å². The zero-order chi connectivity index (χ0) is 29.4. The van der Waals surface area contributed by atoms with E-state index in [0.29, 0.717) is 40.7 Å². The number of carbonyl (C=O) groups excluding carboxylic acids is 1. The first kappa shape index (κ1) is 28.2. The van der Waals surface area contributed by atoms with Gasteiger partial charge in [0.05, 0.1) is 45.8 Å². The van der Waals surface area contributed by atoms with E-state index >= 15 is 0 Å². The molecule has 3 heterocycles. The highest BCUT2D eigenvalue weighted by atomic mass is 31.2. The number of aromatic nitrogens is 7. The Hall–Kier alpha value is -4.36. The Morgan fingerprint density at radius 1 is 0.732 bits per heavy atom. The zero-order valence-electron chi connectivity index (χ0n) is 21.2. The van der Waals surface area contributed by atoms with Crippen LogP contribution in [0.25, 0.3) is 34.2 Å². The number of hydrogen-bond acceptors (Lipinski definition) is 8. The first-order chi connectivity index (χ1) is 19.4. The minimum absolute atomic E-state index is 0.131. The molecule has 0 aliphatic heterocycles. The molecule has 0 radical (unpaired) electrons. The number of nitrogens with zero attached hydrogens (tertiary/aromatic N) is 7. The second-order valence-electron chi connectivity index (χ2n) is 8.70. The van der Waals surface area contributed by atoms with Gasteiger partial charge in [-0.15, -0.1) is 10.2 Å². The average molecular weight is 596 g/mol. The first-order valence-electron chi connectivity index (χ1n) is 11.9. The van der Waals surface area contributed by atoms with Gasteiger partial charge in [-0.05, 0) is 67.6 Å². The maximum Gasteiger partial charge on any atom is 0.356 e. The smallest absolute Gasteiger partial charge is 0.352 e. The van der Waals surface area contributed by atoms with Crippen molar-refractivity contribution in [2.24, 2.45) is 0 Å². The van der Waals surface area contributed by atoms with Crippen LogP contribution in [0.15, 0.2) is 73.1 Å². The van der Waals surface area contributed by atoms with Gasteiger partial charge in [-0.2, -0.15) is 0 Å². The van der Waals surface area contributed by atoms with Crippen molar-refractivity contribution in [2.45, 2.75) is 6.92 Å². The van der Waals surface area contributed by atoms with Crippen LogP contribution < -0.4 is 15.9 Å². The van der Waals surface area contributed by atoms with Gasteiger partial charge >= 0.3 is 15.2 Å². The molecule has 0 fully saturated rings. The summed E-state index contributed by atoms with van der Waals surface area (Å²) < 4.78 is 25.7. The van der Waals surface area contributed by atoms with E-state index in [0.717, 1.165) is 0 Å². The maximum atomic E-state index is 12.7. The van der Waals surface area contributed by atoms with Crippen LogP contribution in [0.3, 0.4) is 0 Å². The lowest BCUT2D eigenvalue weighted by atomic mass is 10.1. The van der Waals surface area contributed by atoms with Gasteiger partial charge in [0, 0.05) is 12.1 Å². The highest BCUT2D eigenvalue weighted by Gasteiger charge is 2.19. The number of benzene rings is 2. The van der Waals surface area contributed by atoms with Crippen LogP contribution in [0.4, 0.5) is 0 Å². The minimum Gasteiger partial charge on any atom is -0.352 e. The van der Waals surface area contributed by atoms with E-state index in [2.05, 4.69) is 30.9 Å².